The van der Waals surface area contributed by atoms with E-state index in [2.05, 4.69) is 4.98 Å². The fraction of sp³-hybridized carbons (Fsp3) is 0.389. The summed E-state index contributed by atoms with van der Waals surface area (Å²) in [7, 11) is -3.28. The number of halogens is 1. The first-order chi connectivity index (χ1) is 14.2. The quantitative estimate of drug-likeness (QED) is 0.492. The van der Waals surface area contributed by atoms with Gasteiger partial charge in [-0.25, -0.2) is 4.79 Å². The normalized spacial score (nSPS) is 24.4. The van der Waals surface area contributed by atoms with Crippen LogP contribution >= 0.6 is 19.6 Å². The van der Waals surface area contributed by atoms with Gasteiger partial charge in [0.05, 0.1) is 11.6 Å². The van der Waals surface area contributed by atoms with Gasteiger partial charge in [-0.1, -0.05) is 23.7 Å². The Morgan fingerprint density at radius 1 is 1.43 bits per heavy atom. The highest BCUT2D eigenvalue weighted by atomic mass is 35.5. The number of aryl methyl sites for hydroxylation is 1. The van der Waals surface area contributed by atoms with Gasteiger partial charge < -0.3 is 19.1 Å². The first-order valence-electron chi connectivity index (χ1n) is 8.92. The highest BCUT2D eigenvalue weighted by molar-refractivity contribution is 7.41. The third kappa shape index (κ3) is 4.22. The molecule has 1 aliphatic rings. The summed E-state index contributed by atoms with van der Waals surface area (Å²) < 4.78 is 30.9. The van der Waals surface area contributed by atoms with Crippen LogP contribution in [0.25, 0.3) is 0 Å². The van der Waals surface area contributed by atoms with Gasteiger partial charge in [0.15, 0.2) is 0 Å². The fourth-order valence-corrected chi connectivity index (χ4v) is 5.01. The number of ether oxygens (including phenoxy) is 2. The number of aliphatic hydroxyl groups is 1. The van der Waals surface area contributed by atoms with Crippen LogP contribution in [-0.4, -0.2) is 38.7 Å². The molecule has 3 rings (SSSR count). The number of carbonyl (C=O) groups excluding carboxylic acids is 1. The van der Waals surface area contributed by atoms with E-state index in [1.54, 1.807) is 12.1 Å². The van der Waals surface area contributed by atoms with Crippen molar-refractivity contribution in [3.8, 4) is 5.75 Å². The van der Waals surface area contributed by atoms with Crippen LogP contribution in [0.3, 0.4) is 0 Å². The van der Waals surface area contributed by atoms with Crippen molar-refractivity contribution in [2.24, 2.45) is 0 Å². The van der Waals surface area contributed by atoms with Crippen LogP contribution < -0.4 is 15.8 Å². The third-order valence-electron chi connectivity index (χ3n) is 4.65. The molecule has 0 aliphatic carbocycles. The Morgan fingerprint density at radius 3 is 2.77 bits per heavy atom. The lowest BCUT2D eigenvalue weighted by Crippen LogP contribution is -2.42. The molecule has 1 unspecified atom stereocenters. The molecule has 0 bridgehead atoms. The lowest BCUT2D eigenvalue weighted by atomic mass is 10.1. The molecule has 2 N–H and O–H groups in total. The maximum Gasteiger partial charge on any atom is 0.330 e. The first kappa shape index (κ1) is 22.3. The standard InChI is InChI=1S/C18H20ClN2O8P/c1-10-8-21(17(25)20-16(10)24)15-7-18(28-11(2)23,14(9-22)27-15)30(26)29-13-6-4-3-5-12(13)19/h3-6,8,14-15,22,30H,7,9H2,1-2H3,(H,20,24,25)/t14-,15-,18-/m1/s1. The van der Waals surface area contributed by atoms with E-state index in [4.69, 9.17) is 25.6 Å². The summed E-state index contributed by atoms with van der Waals surface area (Å²) in [6, 6.07) is 6.30. The zero-order chi connectivity index (χ0) is 22.1. The molecule has 0 radical (unpaired) electrons. The highest BCUT2D eigenvalue weighted by Gasteiger charge is 2.58. The summed E-state index contributed by atoms with van der Waals surface area (Å²) in [4.78, 5) is 37.9. The molecule has 1 saturated heterocycles. The van der Waals surface area contributed by atoms with Gasteiger partial charge in [-0.05, 0) is 19.1 Å². The predicted molar refractivity (Wildman–Crippen MR) is 107 cm³/mol. The average Bonchev–Trinajstić information content (AvgIpc) is 3.05. The van der Waals surface area contributed by atoms with Crippen LogP contribution in [0.1, 0.15) is 25.1 Å². The van der Waals surface area contributed by atoms with Crippen molar-refractivity contribution < 1.29 is 28.5 Å². The van der Waals surface area contributed by atoms with Crippen molar-refractivity contribution in [1.82, 2.24) is 9.55 Å². The molecule has 30 heavy (non-hydrogen) atoms. The monoisotopic (exact) mass is 458 g/mol. The van der Waals surface area contributed by atoms with Gasteiger partial charge in [-0.2, -0.15) is 0 Å². The van der Waals surface area contributed by atoms with Gasteiger partial charge >= 0.3 is 11.7 Å². The van der Waals surface area contributed by atoms with Crippen LogP contribution in [-0.2, 0) is 18.8 Å². The molecule has 0 amide bonds. The topological polar surface area (TPSA) is 137 Å². The Hall–Kier alpha value is -2.39. The number of benzene rings is 1. The molecule has 2 aromatic rings. The molecule has 1 aromatic heterocycles. The Balaban J connectivity index is 2.02. The molecule has 162 valence electrons. The van der Waals surface area contributed by atoms with Gasteiger partial charge in [0, 0.05) is 25.1 Å². The second kappa shape index (κ2) is 8.77. The number of carbonyl (C=O) groups is 1. The summed E-state index contributed by atoms with van der Waals surface area (Å²) >= 11 is 6.06. The molecular formula is C18H20ClN2O8P. The maximum absolute atomic E-state index is 13.3. The van der Waals surface area contributed by atoms with Gasteiger partial charge in [0.1, 0.15) is 18.1 Å². The predicted octanol–water partition coefficient (Wildman–Crippen LogP) is 1.59. The number of aliphatic hydroxyl groups excluding tert-OH is 1. The lowest BCUT2D eigenvalue weighted by Gasteiger charge is -2.31. The second-order valence-electron chi connectivity index (χ2n) is 6.75. The molecular weight excluding hydrogens is 439 g/mol. The smallest absolute Gasteiger partial charge is 0.330 e. The van der Waals surface area contributed by atoms with E-state index < -0.39 is 49.5 Å². The van der Waals surface area contributed by atoms with Crippen molar-refractivity contribution in [2.45, 2.75) is 37.9 Å². The van der Waals surface area contributed by atoms with E-state index in [0.29, 0.717) is 0 Å². The first-order valence-corrected chi connectivity index (χ1v) is 10.6. The van der Waals surface area contributed by atoms with Gasteiger partial charge in [0.2, 0.25) is 5.34 Å². The van der Waals surface area contributed by atoms with Crippen molar-refractivity contribution >= 4 is 25.6 Å². The molecule has 4 atom stereocenters. The van der Waals surface area contributed by atoms with Crippen LogP contribution in [0, 0.1) is 6.92 Å². The maximum atomic E-state index is 13.3. The van der Waals surface area contributed by atoms with Gasteiger partial charge in [-0.3, -0.25) is 23.7 Å². The second-order valence-corrected chi connectivity index (χ2v) is 8.78. The van der Waals surface area contributed by atoms with E-state index >= 15 is 0 Å². The number of hydrogen-bond donors (Lipinski definition) is 2. The van der Waals surface area contributed by atoms with Crippen molar-refractivity contribution in [1.29, 1.82) is 0 Å². The Morgan fingerprint density at radius 2 is 2.13 bits per heavy atom. The number of H-pyrrole nitrogens is 1. The van der Waals surface area contributed by atoms with E-state index in [0.717, 1.165) is 11.5 Å². The highest BCUT2D eigenvalue weighted by Crippen LogP contribution is 2.55. The van der Waals surface area contributed by atoms with E-state index in [-0.39, 0.29) is 22.8 Å². The molecule has 2 heterocycles. The lowest BCUT2D eigenvalue weighted by molar-refractivity contribution is -0.155. The van der Waals surface area contributed by atoms with Crippen LogP contribution in [0.15, 0.2) is 40.1 Å². The fourth-order valence-electron chi connectivity index (χ4n) is 3.23. The molecule has 12 heteroatoms. The number of hydrogen-bond acceptors (Lipinski definition) is 8. The average molecular weight is 459 g/mol. The van der Waals surface area contributed by atoms with Gasteiger partial charge in [0.25, 0.3) is 13.6 Å². The summed E-state index contributed by atoms with van der Waals surface area (Å²) in [5, 5.41) is 8.18. The Kier molecular flexibility index (Phi) is 6.52. The number of para-hydroxylation sites is 1. The third-order valence-corrected chi connectivity index (χ3v) is 6.69. The Labute approximate surface area is 176 Å². The van der Waals surface area contributed by atoms with Crippen molar-refractivity contribution in [2.75, 3.05) is 6.61 Å². The summed E-state index contributed by atoms with van der Waals surface area (Å²) in [6.45, 7) is 1.95. The number of aromatic nitrogens is 2. The zero-order valence-electron chi connectivity index (χ0n) is 16.1. The summed E-state index contributed by atoms with van der Waals surface area (Å²) in [6.07, 6.45) is -1.31. The van der Waals surface area contributed by atoms with Crippen molar-refractivity contribution in [3.63, 3.8) is 0 Å². The van der Waals surface area contributed by atoms with Gasteiger partial charge in [-0.15, -0.1) is 0 Å². The number of esters is 1. The molecule has 0 spiro atoms. The summed E-state index contributed by atoms with van der Waals surface area (Å²) in [5.41, 5.74) is -1.09. The largest absolute Gasteiger partial charge is 0.445 e. The molecule has 10 nitrogen and oxygen atoms in total. The molecule has 1 aliphatic heterocycles. The Bertz CT molecular complexity index is 1100. The zero-order valence-corrected chi connectivity index (χ0v) is 17.8. The number of nitrogens with one attached hydrogen (secondary N) is 1. The molecule has 0 saturated carbocycles. The van der Waals surface area contributed by atoms with E-state index in [1.807, 2.05) is 0 Å². The summed E-state index contributed by atoms with van der Waals surface area (Å²) in [5.74, 6) is -0.671. The minimum absolute atomic E-state index is 0.103. The van der Waals surface area contributed by atoms with E-state index in [1.165, 1.54) is 25.3 Å². The van der Waals surface area contributed by atoms with Crippen LogP contribution in [0.4, 0.5) is 0 Å². The van der Waals surface area contributed by atoms with Crippen molar-refractivity contribution in [3.05, 3.63) is 61.9 Å². The van der Waals surface area contributed by atoms with Crippen LogP contribution in [0.5, 0.6) is 5.75 Å². The van der Waals surface area contributed by atoms with Crippen LogP contribution in [0.2, 0.25) is 5.02 Å². The molecule has 1 aromatic carbocycles. The molecule has 1 fully saturated rings. The number of rotatable bonds is 6. The minimum Gasteiger partial charge on any atom is -0.445 e. The van der Waals surface area contributed by atoms with E-state index in [9.17, 15) is 24.1 Å². The number of nitrogens with zero attached hydrogens (tertiary/aromatic N) is 1. The number of aromatic amines is 1. The SMILES string of the molecule is CC(=O)O[C@@]1([PH](=O)Oc2ccccc2Cl)C[C@H](n2cc(C)c(=O)[nH]c2=O)O[C@@H]1CO. The minimum atomic E-state index is -3.28.